The van der Waals surface area contributed by atoms with E-state index in [1.165, 1.54) is 0 Å². The number of rotatable bonds is 9. The molecule has 0 spiro atoms. The average molecular weight is 359 g/mol. The van der Waals surface area contributed by atoms with Gasteiger partial charge < -0.3 is 20.3 Å². The Hall–Kier alpha value is -0.950. The van der Waals surface area contributed by atoms with Crippen LogP contribution >= 0.6 is 11.8 Å². The summed E-state index contributed by atoms with van der Waals surface area (Å²) in [6.45, 7) is 5.43. The van der Waals surface area contributed by atoms with Gasteiger partial charge in [0.15, 0.2) is 5.96 Å². The molecule has 1 fully saturated rings. The van der Waals surface area contributed by atoms with Crippen LogP contribution in [-0.4, -0.2) is 75.2 Å². The van der Waals surface area contributed by atoms with Crippen molar-refractivity contribution in [1.82, 2.24) is 15.5 Å². The van der Waals surface area contributed by atoms with Gasteiger partial charge in [-0.3, -0.25) is 4.79 Å². The number of nitrogens with zero attached hydrogens (tertiary/aromatic N) is 2. The zero-order valence-corrected chi connectivity index (χ0v) is 16.8. The van der Waals surface area contributed by atoms with Gasteiger partial charge in [0.2, 0.25) is 5.91 Å². The van der Waals surface area contributed by atoms with Crippen molar-refractivity contribution in [2.45, 2.75) is 45.3 Å². The van der Waals surface area contributed by atoms with E-state index in [1.54, 1.807) is 37.9 Å². The molecule has 0 radical (unpaired) electrons. The Morgan fingerprint density at radius 2 is 2.04 bits per heavy atom. The van der Waals surface area contributed by atoms with Crippen molar-refractivity contribution < 1.29 is 9.53 Å². The summed E-state index contributed by atoms with van der Waals surface area (Å²) < 4.78 is 5.66. The SMILES string of the molecule is CCC1(CC)C(NC(=NCC(=O)N(C)C)NCCSC)CC1OC. The topological polar surface area (TPSA) is 66.0 Å². The first kappa shape index (κ1) is 21.1. The van der Waals surface area contributed by atoms with Crippen molar-refractivity contribution in [2.24, 2.45) is 10.4 Å². The molecule has 140 valence electrons. The van der Waals surface area contributed by atoms with E-state index in [0.717, 1.165) is 37.5 Å². The number of likely N-dealkylation sites (N-methyl/N-ethyl adjacent to an activating group) is 1. The van der Waals surface area contributed by atoms with Crippen LogP contribution in [0.4, 0.5) is 0 Å². The summed E-state index contributed by atoms with van der Waals surface area (Å²) in [5.41, 5.74) is 0.141. The molecule has 2 N–H and O–H groups in total. The summed E-state index contributed by atoms with van der Waals surface area (Å²) in [6.07, 6.45) is 5.47. The first-order valence-corrected chi connectivity index (χ1v) is 10.1. The molecule has 1 amide bonds. The van der Waals surface area contributed by atoms with Gasteiger partial charge >= 0.3 is 0 Å². The Labute approximate surface area is 151 Å². The third-order valence-electron chi connectivity index (χ3n) is 5.17. The van der Waals surface area contributed by atoms with Gasteiger partial charge in [-0.15, -0.1) is 0 Å². The van der Waals surface area contributed by atoms with E-state index in [9.17, 15) is 4.79 Å². The van der Waals surface area contributed by atoms with Crippen LogP contribution < -0.4 is 10.6 Å². The number of amides is 1. The van der Waals surface area contributed by atoms with Crippen LogP contribution in [0.3, 0.4) is 0 Å². The predicted molar refractivity (Wildman–Crippen MR) is 103 cm³/mol. The van der Waals surface area contributed by atoms with Gasteiger partial charge in [-0.05, 0) is 25.5 Å². The lowest BCUT2D eigenvalue weighted by Gasteiger charge is -2.55. The molecule has 0 aromatic carbocycles. The standard InChI is InChI=1S/C17H34N4O2S/c1-7-17(8-2)13(11-14(17)23-5)20-16(18-9-10-24-6)19-12-15(22)21(3)4/h13-14H,7-12H2,1-6H3,(H2,18,19,20). The average Bonchev–Trinajstić information content (AvgIpc) is 2.56. The number of hydrogen-bond donors (Lipinski definition) is 2. The predicted octanol–water partition coefficient (Wildman–Crippen LogP) is 1.57. The van der Waals surface area contributed by atoms with Gasteiger partial charge in [-0.1, -0.05) is 13.8 Å². The van der Waals surface area contributed by atoms with Crippen molar-refractivity contribution in [3.05, 3.63) is 0 Å². The molecule has 6 nitrogen and oxygen atoms in total. The summed E-state index contributed by atoms with van der Waals surface area (Å²) in [5.74, 6) is 1.73. The van der Waals surface area contributed by atoms with Gasteiger partial charge in [-0.25, -0.2) is 4.99 Å². The molecule has 0 aliphatic heterocycles. The Bertz CT molecular complexity index is 425. The van der Waals surface area contributed by atoms with Crippen molar-refractivity contribution in [1.29, 1.82) is 0 Å². The Morgan fingerprint density at radius 3 is 2.54 bits per heavy atom. The zero-order valence-electron chi connectivity index (χ0n) is 16.0. The molecule has 0 heterocycles. The van der Waals surface area contributed by atoms with Gasteiger partial charge in [0.25, 0.3) is 0 Å². The smallest absolute Gasteiger partial charge is 0.243 e. The summed E-state index contributed by atoms with van der Waals surface area (Å²) >= 11 is 1.78. The zero-order chi connectivity index (χ0) is 18.2. The highest BCUT2D eigenvalue weighted by molar-refractivity contribution is 7.98. The normalized spacial score (nSPS) is 22.7. The molecule has 0 saturated heterocycles. The molecule has 0 bridgehead atoms. The molecule has 1 rings (SSSR count). The van der Waals surface area contributed by atoms with E-state index in [-0.39, 0.29) is 17.9 Å². The highest BCUT2D eigenvalue weighted by Crippen LogP contribution is 2.48. The van der Waals surface area contributed by atoms with E-state index in [2.05, 4.69) is 35.7 Å². The van der Waals surface area contributed by atoms with Crippen LogP contribution in [0.15, 0.2) is 4.99 Å². The van der Waals surface area contributed by atoms with Crippen LogP contribution in [0.25, 0.3) is 0 Å². The maximum Gasteiger partial charge on any atom is 0.243 e. The number of ether oxygens (including phenoxy) is 1. The van der Waals surface area contributed by atoms with E-state index < -0.39 is 0 Å². The van der Waals surface area contributed by atoms with Gasteiger partial charge in [0.1, 0.15) is 6.54 Å². The lowest BCUT2D eigenvalue weighted by atomic mass is 9.58. The molecular formula is C17H34N4O2S. The number of carbonyl (C=O) groups is 1. The molecule has 0 aromatic heterocycles. The minimum absolute atomic E-state index is 0.00147. The second-order valence-electron chi connectivity index (χ2n) is 6.47. The number of nitrogens with one attached hydrogen (secondary N) is 2. The number of hydrogen-bond acceptors (Lipinski definition) is 4. The van der Waals surface area contributed by atoms with Gasteiger partial charge in [0.05, 0.1) is 6.10 Å². The van der Waals surface area contributed by atoms with Crippen molar-refractivity contribution in [3.63, 3.8) is 0 Å². The van der Waals surface area contributed by atoms with E-state index in [1.807, 2.05) is 0 Å². The highest BCUT2D eigenvalue weighted by Gasteiger charge is 2.53. The van der Waals surface area contributed by atoms with Crippen LogP contribution in [0.5, 0.6) is 0 Å². The van der Waals surface area contributed by atoms with Crippen molar-refractivity contribution in [2.75, 3.05) is 46.3 Å². The molecule has 7 heteroatoms. The Balaban J connectivity index is 2.76. The van der Waals surface area contributed by atoms with Crippen molar-refractivity contribution >= 4 is 23.6 Å². The van der Waals surface area contributed by atoms with Crippen LogP contribution in [0, 0.1) is 5.41 Å². The number of thioether (sulfide) groups is 1. The summed E-state index contributed by atoms with van der Waals surface area (Å²) in [7, 11) is 5.29. The van der Waals surface area contributed by atoms with E-state index in [4.69, 9.17) is 4.74 Å². The minimum atomic E-state index is 0.00147. The fraction of sp³-hybridized carbons (Fsp3) is 0.882. The quantitative estimate of drug-likeness (QED) is 0.372. The molecule has 1 aliphatic carbocycles. The van der Waals surface area contributed by atoms with Crippen molar-refractivity contribution in [3.8, 4) is 0 Å². The number of aliphatic imine (C=N–C) groups is 1. The molecule has 2 unspecified atom stereocenters. The van der Waals surface area contributed by atoms with Gasteiger partial charge in [-0.2, -0.15) is 11.8 Å². The van der Waals surface area contributed by atoms with E-state index in [0.29, 0.717) is 12.1 Å². The van der Waals surface area contributed by atoms with Crippen LogP contribution in [-0.2, 0) is 9.53 Å². The molecule has 24 heavy (non-hydrogen) atoms. The monoisotopic (exact) mass is 358 g/mol. The maximum atomic E-state index is 11.8. The molecule has 1 saturated carbocycles. The van der Waals surface area contributed by atoms with Gasteiger partial charge in [0, 0.05) is 45.0 Å². The number of guanidine groups is 1. The number of methoxy groups -OCH3 is 1. The third kappa shape index (κ3) is 5.02. The summed E-state index contributed by atoms with van der Waals surface area (Å²) in [5, 5.41) is 6.88. The highest BCUT2D eigenvalue weighted by atomic mass is 32.2. The molecular weight excluding hydrogens is 324 g/mol. The van der Waals surface area contributed by atoms with Crippen LogP contribution in [0.2, 0.25) is 0 Å². The Kier molecular flexibility index (Phi) is 8.91. The summed E-state index contributed by atoms with van der Waals surface area (Å²) in [4.78, 5) is 17.9. The van der Waals surface area contributed by atoms with Crippen LogP contribution in [0.1, 0.15) is 33.1 Å². The molecule has 1 aliphatic rings. The first-order chi connectivity index (χ1) is 11.4. The number of carbonyl (C=O) groups excluding carboxylic acids is 1. The fourth-order valence-electron chi connectivity index (χ4n) is 3.36. The first-order valence-electron chi connectivity index (χ1n) is 8.71. The minimum Gasteiger partial charge on any atom is -0.381 e. The maximum absolute atomic E-state index is 11.8. The van der Waals surface area contributed by atoms with E-state index >= 15 is 0 Å². The summed E-state index contributed by atoms with van der Waals surface area (Å²) in [6, 6.07) is 0.326. The fourth-order valence-corrected chi connectivity index (χ4v) is 3.66. The lowest BCUT2D eigenvalue weighted by molar-refractivity contribution is -0.127. The third-order valence-corrected chi connectivity index (χ3v) is 5.78. The Morgan fingerprint density at radius 1 is 1.38 bits per heavy atom. The molecule has 0 aromatic rings. The lowest BCUT2D eigenvalue weighted by Crippen LogP contribution is -2.65. The second kappa shape index (κ2) is 10.1. The molecule has 2 atom stereocenters. The second-order valence-corrected chi connectivity index (χ2v) is 7.46. The largest absolute Gasteiger partial charge is 0.381 e.